The van der Waals surface area contributed by atoms with E-state index in [0.29, 0.717) is 0 Å². The summed E-state index contributed by atoms with van der Waals surface area (Å²) in [5, 5.41) is 8.73. The smallest absolute Gasteiger partial charge is 0.228 e. The first-order valence-corrected chi connectivity index (χ1v) is 6.73. The average molecular weight is 279 g/mol. The van der Waals surface area contributed by atoms with Crippen molar-refractivity contribution in [3.05, 3.63) is 53.1 Å². The Morgan fingerprint density at radius 2 is 2.21 bits per heavy atom. The molecule has 0 aliphatic carbocycles. The first-order chi connectivity index (χ1) is 9.08. The van der Waals surface area contributed by atoms with Crippen LogP contribution in [0.3, 0.4) is 0 Å². The molecule has 0 bridgehead atoms. The van der Waals surface area contributed by atoms with E-state index in [1.807, 2.05) is 49.4 Å². The summed E-state index contributed by atoms with van der Waals surface area (Å²) in [6.45, 7) is 3.84. The van der Waals surface area contributed by atoms with Gasteiger partial charge in [-0.05, 0) is 40.8 Å². The van der Waals surface area contributed by atoms with Gasteiger partial charge in [-0.3, -0.25) is 4.79 Å². The molecule has 0 aliphatic heterocycles. The minimum absolute atomic E-state index is 0.0237. The van der Waals surface area contributed by atoms with Gasteiger partial charge in [0.25, 0.3) is 0 Å². The van der Waals surface area contributed by atoms with Crippen LogP contribution in [0.25, 0.3) is 6.08 Å². The van der Waals surface area contributed by atoms with Crippen LogP contribution >= 0.6 is 11.6 Å². The molecular formula is C16H19ClO2. The van der Waals surface area contributed by atoms with Crippen LogP contribution in [0.4, 0.5) is 0 Å². The lowest BCUT2D eigenvalue weighted by Crippen LogP contribution is -2.05. The number of carbonyl (C=O) groups excluding carboxylic acids is 1. The number of aliphatic hydroxyl groups is 1. The molecule has 102 valence electrons. The van der Waals surface area contributed by atoms with E-state index in [9.17, 15) is 4.79 Å². The maximum atomic E-state index is 11.2. The van der Waals surface area contributed by atoms with Gasteiger partial charge in [0, 0.05) is 0 Å². The van der Waals surface area contributed by atoms with Gasteiger partial charge in [-0.15, -0.1) is 0 Å². The molecule has 1 aromatic rings. The first-order valence-electron chi connectivity index (χ1n) is 6.35. The molecule has 0 saturated heterocycles. The van der Waals surface area contributed by atoms with Gasteiger partial charge in [0.1, 0.15) is 0 Å². The molecule has 2 nitrogen and oxygen atoms in total. The van der Waals surface area contributed by atoms with Crippen molar-refractivity contribution in [1.29, 1.82) is 0 Å². The number of hydrogen-bond donors (Lipinski definition) is 1. The summed E-state index contributed by atoms with van der Waals surface area (Å²) >= 11 is 5.54. The van der Waals surface area contributed by atoms with Crippen LogP contribution in [0.1, 0.15) is 31.4 Å². The molecule has 1 N–H and O–H groups in total. The monoisotopic (exact) mass is 278 g/mol. The molecule has 19 heavy (non-hydrogen) atoms. The van der Waals surface area contributed by atoms with Crippen molar-refractivity contribution in [3.63, 3.8) is 0 Å². The molecule has 0 fully saturated rings. The Morgan fingerprint density at radius 1 is 1.47 bits per heavy atom. The van der Waals surface area contributed by atoms with Crippen molar-refractivity contribution in [2.45, 2.75) is 26.9 Å². The Hall–Kier alpha value is -1.38. The lowest BCUT2D eigenvalue weighted by molar-refractivity contribution is -0.113. The molecule has 0 aliphatic rings. The van der Waals surface area contributed by atoms with Crippen LogP contribution in [0.15, 0.2) is 42.0 Å². The normalized spacial score (nSPS) is 13.8. The predicted molar refractivity (Wildman–Crippen MR) is 79.8 cm³/mol. The van der Waals surface area contributed by atoms with Gasteiger partial charge < -0.3 is 5.11 Å². The maximum absolute atomic E-state index is 11.2. The zero-order chi connectivity index (χ0) is 14.3. The summed E-state index contributed by atoms with van der Waals surface area (Å²) in [6, 6.07) is 7.62. The average Bonchev–Trinajstić information content (AvgIpc) is 2.42. The Balaban J connectivity index is 2.92. The van der Waals surface area contributed by atoms with E-state index in [4.69, 9.17) is 16.7 Å². The van der Waals surface area contributed by atoms with Crippen molar-refractivity contribution in [2.24, 2.45) is 5.92 Å². The summed E-state index contributed by atoms with van der Waals surface area (Å²) in [5.41, 5.74) is 2.77. The van der Waals surface area contributed by atoms with E-state index < -0.39 is 0 Å². The molecule has 0 saturated carbocycles. The lowest BCUT2D eigenvalue weighted by atomic mass is 9.99. The van der Waals surface area contributed by atoms with Gasteiger partial charge in [0.05, 0.1) is 12.5 Å². The van der Waals surface area contributed by atoms with Crippen LogP contribution in [0.2, 0.25) is 0 Å². The van der Waals surface area contributed by atoms with E-state index in [2.05, 4.69) is 0 Å². The number of benzene rings is 1. The molecule has 0 spiro atoms. The second kappa shape index (κ2) is 7.93. The molecule has 0 unspecified atom stereocenters. The molecular weight excluding hydrogens is 260 g/mol. The predicted octanol–water partition coefficient (Wildman–Crippen LogP) is 3.93. The third kappa shape index (κ3) is 5.01. The van der Waals surface area contributed by atoms with Gasteiger partial charge in [-0.25, -0.2) is 0 Å². The minimum atomic E-state index is -0.353. The lowest BCUT2D eigenvalue weighted by Gasteiger charge is -2.07. The minimum Gasteiger partial charge on any atom is -0.392 e. The second-order valence-corrected chi connectivity index (χ2v) is 4.75. The molecule has 1 rings (SSSR count). The number of rotatable bonds is 6. The Kier molecular flexibility index (Phi) is 6.54. The highest BCUT2D eigenvalue weighted by atomic mass is 35.5. The molecule has 0 radical (unpaired) electrons. The van der Waals surface area contributed by atoms with Gasteiger partial charge in [-0.2, -0.15) is 0 Å². The van der Waals surface area contributed by atoms with E-state index in [1.54, 1.807) is 6.92 Å². The van der Waals surface area contributed by atoms with Gasteiger partial charge in [0.2, 0.25) is 5.24 Å². The van der Waals surface area contributed by atoms with Crippen molar-refractivity contribution >= 4 is 22.9 Å². The van der Waals surface area contributed by atoms with E-state index in [0.717, 1.165) is 23.1 Å². The third-order valence-corrected chi connectivity index (χ3v) is 3.21. The molecule has 0 heterocycles. The van der Waals surface area contributed by atoms with Crippen molar-refractivity contribution < 1.29 is 9.90 Å². The summed E-state index contributed by atoms with van der Waals surface area (Å²) in [7, 11) is 0. The molecule has 0 aromatic heterocycles. The zero-order valence-electron chi connectivity index (χ0n) is 11.3. The number of allylic oxidation sites excluding steroid dienone is 3. The summed E-state index contributed by atoms with van der Waals surface area (Å²) < 4.78 is 0. The van der Waals surface area contributed by atoms with Crippen molar-refractivity contribution in [3.8, 4) is 0 Å². The van der Waals surface area contributed by atoms with Crippen LogP contribution in [0.5, 0.6) is 0 Å². The highest BCUT2D eigenvalue weighted by molar-refractivity contribution is 6.64. The second-order valence-electron chi connectivity index (χ2n) is 4.37. The standard InChI is InChI=1S/C16H19ClO2/c1-3-5-15(12(2)16(17)19)9-8-13-6-4-7-14(10-13)11-18/h4-10,12,18H,3,11H2,1-2H3/b9-8-,15-5+/t12-/m0/s1. The number of hydrogen-bond acceptors (Lipinski definition) is 2. The largest absolute Gasteiger partial charge is 0.392 e. The maximum Gasteiger partial charge on any atom is 0.228 e. The molecule has 0 amide bonds. The first kappa shape index (κ1) is 15.7. The summed E-state index contributed by atoms with van der Waals surface area (Å²) in [6.07, 6.45) is 6.68. The highest BCUT2D eigenvalue weighted by Crippen LogP contribution is 2.18. The number of aliphatic hydroxyl groups excluding tert-OH is 1. The molecule has 1 atom stereocenters. The third-order valence-electron chi connectivity index (χ3n) is 2.88. The van der Waals surface area contributed by atoms with Crippen LogP contribution in [-0.2, 0) is 11.4 Å². The Morgan fingerprint density at radius 3 is 2.79 bits per heavy atom. The SMILES string of the molecule is CC/C=C(\C=C/c1cccc(CO)c1)[C@H](C)C(=O)Cl. The van der Waals surface area contributed by atoms with Gasteiger partial charge in [-0.1, -0.05) is 50.3 Å². The van der Waals surface area contributed by atoms with Crippen LogP contribution < -0.4 is 0 Å². The highest BCUT2D eigenvalue weighted by Gasteiger charge is 2.12. The summed E-state index contributed by atoms with van der Waals surface area (Å²) in [5.74, 6) is -0.307. The molecule has 1 aromatic carbocycles. The number of carbonyl (C=O) groups is 1. The Bertz CT molecular complexity index is 489. The fourth-order valence-corrected chi connectivity index (χ4v) is 1.87. The van der Waals surface area contributed by atoms with E-state index in [-0.39, 0.29) is 17.8 Å². The van der Waals surface area contributed by atoms with Crippen LogP contribution in [-0.4, -0.2) is 10.3 Å². The fraction of sp³-hybridized carbons (Fsp3) is 0.312. The number of halogens is 1. The quantitative estimate of drug-likeness (QED) is 0.632. The van der Waals surface area contributed by atoms with E-state index >= 15 is 0 Å². The van der Waals surface area contributed by atoms with Crippen molar-refractivity contribution in [2.75, 3.05) is 0 Å². The fourth-order valence-electron chi connectivity index (χ4n) is 1.74. The van der Waals surface area contributed by atoms with E-state index in [1.165, 1.54) is 0 Å². The van der Waals surface area contributed by atoms with Gasteiger partial charge in [0.15, 0.2) is 0 Å². The van der Waals surface area contributed by atoms with Gasteiger partial charge >= 0.3 is 0 Å². The summed E-state index contributed by atoms with van der Waals surface area (Å²) in [4.78, 5) is 11.2. The zero-order valence-corrected chi connectivity index (χ0v) is 12.0. The Labute approximate surface area is 119 Å². The van der Waals surface area contributed by atoms with Crippen LogP contribution in [0, 0.1) is 5.92 Å². The van der Waals surface area contributed by atoms with Crippen molar-refractivity contribution in [1.82, 2.24) is 0 Å². The topological polar surface area (TPSA) is 37.3 Å². The molecule has 3 heteroatoms.